The van der Waals surface area contributed by atoms with Gasteiger partial charge in [-0.25, -0.2) is 0 Å². The lowest BCUT2D eigenvalue weighted by Crippen LogP contribution is -1.85. The van der Waals surface area contributed by atoms with Crippen LogP contribution in [0.5, 0.6) is 0 Å². The van der Waals surface area contributed by atoms with E-state index in [1.165, 1.54) is 0 Å². The molecule has 10 heavy (non-hydrogen) atoms. The standard InChI is InChI=1S/C6H9ClN2O/c1-5-8-9-6(10-5)3-2-4-7/h2-4H2,1H3. The van der Waals surface area contributed by atoms with Crippen molar-refractivity contribution < 1.29 is 4.42 Å². The Labute approximate surface area is 64.4 Å². The van der Waals surface area contributed by atoms with E-state index in [-0.39, 0.29) is 0 Å². The number of nitrogens with zero attached hydrogens (tertiary/aromatic N) is 2. The first kappa shape index (κ1) is 7.54. The summed E-state index contributed by atoms with van der Waals surface area (Å²) in [7, 11) is 0. The Balaban J connectivity index is 2.42. The Hall–Kier alpha value is -0.570. The first-order valence-electron chi connectivity index (χ1n) is 3.18. The van der Waals surface area contributed by atoms with Gasteiger partial charge in [-0.2, -0.15) is 0 Å². The summed E-state index contributed by atoms with van der Waals surface area (Å²) in [6.45, 7) is 1.77. The lowest BCUT2D eigenvalue weighted by molar-refractivity contribution is 0.465. The normalized spacial score (nSPS) is 10.2. The zero-order valence-corrected chi connectivity index (χ0v) is 6.56. The van der Waals surface area contributed by atoms with Crippen molar-refractivity contribution in [2.24, 2.45) is 0 Å². The fourth-order valence-electron chi connectivity index (χ4n) is 0.657. The molecule has 0 aliphatic rings. The number of aryl methyl sites for hydroxylation is 2. The molecule has 0 saturated heterocycles. The van der Waals surface area contributed by atoms with Gasteiger partial charge in [-0.05, 0) is 6.42 Å². The molecule has 0 N–H and O–H groups in total. The van der Waals surface area contributed by atoms with Crippen molar-refractivity contribution in [3.8, 4) is 0 Å². The van der Waals surface area contributed by atoms with E-state index in [0.29, 0.717) is 17.7 Å². The average molecular weight is 161 g/mol. The van der Waals surface area contributed by atoms with Crippen molar-refractivity contribution in [1.82, 2.24) is 10.2 Å². The highest BCUT2D eigenvalue weighted by molar-refractivity contribution is 6.17. The van der Waals surface area contributed by atoms with Crippen LogP contribution in [-0.4, -0.2) is 16.1 Å². The summed E-state index contributed by atoms with van der Waals surface area (Å²) in [4.78, 5) is 0. The number of aromatic nitrogens is 2. The van der Waals surface area contributed by atoms with E-state index in [1.54, 1.807) is 6.92 Å². The fourth-order valence-corrected chi connectivity index (χ4v) is 0.790. The average Bonchev–Trinajstić information content (AvgIpc) is 2.31. The third-order valence-corrected chi connectivity index (χ3v) is 1.36. The van der Waals surface area contributed by atoms with Crippen molar-refractivity contribution in [2.75, 3.05) is 5.88 Å². The molecule has 0 saturated carbocycles. The minimum absolute atomic E-state index is 0.615. The molecular weight excluding hydrogens is 152 g/mol. The Morgan fingerprint density at radius 3 is 2.80 bits per heavy atom. The third-order valence-electron chi connectivity index (χ3n) is 1.09. The van der Waals surface area contributed by atoms with E-state index in [2.05, 4.69) is 10.2 Å². The van der Waals surface area contributed by atoms with Gasteiger partial charge in [0, 0.05) is 19.2 Å². The molecule has 0 amide bonds. The maximum Gasteiger partial charge on any atom is 0.216 e. The van der Waals surface area contributed by atoms with Crippen LogP contribution in [0.2, 0.25) is 0 Å². The van der Waals surface area contributed by atoms with Gasteiger partial charge in [0.25, 0.3) is 0 Å². The van der Waals surface area contributed by atoms with Gasteiger partial charge in [0.05, 0.1) is 0 Å². The number of alkyl halides is 1. The fraction of sp³-hybridized carbons (Fsp3) is 0.667. The lowest BCUT2D eigenvalue weighted by Gasteiger charge is -1.86. The summed E-state index contributed by atoms with van der Waals surface area (Å²) in [5.74, 6) is 1.93. The molecule has 0 aliphatic carbocycles. The van der Waals surface area contributed by atoms with Crippen LogP contribution in [0.4, 0.5) is 0 Å². The summed E-state index contributed by atoms with van der Waals surface area (Å²) < 4.78 is 5.10. The van der Waals surface area contributed by atoms with Gasteiger partial charge in [-0.3, -0.25) is 0 Å². The van der Waals surface area contributed by atoms with Gasteiger partial charge in [0.2, 0.25) is 11.8 Å². The molecule has 0 radical (unpaired) electrons. The minimum Gasteiger partial charge on any atom is -0.426 e. The maximum absolute atomic E-state index is 5.47. The monoisotopic (exact) mass is 160 g/mol. The van der Waals surface area contributed by atoms with E-state index in [4.69, 9.17) is 16.0 Å². The summed E-state index contributed by atoms with van der Waals surface area (Å²) in [5, 5.41) is 7.49. The van der Waals surface area contributed by atoms with Crippen molar-refractivity contribution in [2.45, 2.75) is 19.8 Å². The number of rotatable bonds is 3. The van der Waals surface area contributed by atoms with Crippen LogP contribution in [0, 0.1) is 6.92 Å². The second kappa shape index (κ2) is 3.56. The second-order valence-corrected chi connectivity index (χ2v) is 2.39. The first-order valence-corrected chi connectivity index (χ1v) is 3.71. The summed E-state index contributed by atoms with van der Waals surface area (Å²) >= 11 is 5.47. The predicted octanol–water partition coefficient (Wildman–Crippen LogP) is 1.55. The molecule has 4 heteroatoms. The molecule has 3 nitrogen and oxygen atoms in total. The molecular formula is C6H9ClN2O. The van der Waals surface area contributed by atoms with E-state index in [1.807, 2.05) is 0 Å². The Kier molecular flexibility index (Phi) is 2.68. The van der Waals surface area contributed by atoms with Crippen molar-refractivity contribution in [1.29, 1.82) is 0 Å². The molecule has 0 aromatic carbocycles. The highest BCUT2D eigenvalue weighted by Crippen LogP contribution is 2.01. The molecule has 1 aromatic heterocycles. The van der Waals surface area contributed by atoms with Crippen LogP contribution in [0.25, 0.3) is 0 Å². The van der Waals surface area contributed by atoms with Crippen LogP contribution in [0.15, 0.2) is 4.42 Å². The van der Waals surface area contributed by atoms with Gasteiger partial charge in [0.15, 0.2) is 0 Å². The minimum atomic E-state index is 0.615. The number of halogens is 1. The van der Waals surface area contributed by atoms with Crippen LogP contribution < -0.4 is 0 Å². The van der Waals surface area contributed by atoms with Crippen LogP contribution in [0.1, 0.15) is 18.2 Å². The van der Waals surface area contributed by atoms with E-state index < -0.39 is 0 Å². The van der Waals surface area contributed by atoms with Crippen LogP contribution in [-0.2, 0) is 6.42 Å². The maximum atomic E-state index is 5.47. The molecule has 0 bridgehead atoms. The quantitative estimate of drug-likeness (QED) is 0.630. The SMILES string of the molecule is Cc1nnc(CCCCl)o1. The van der Waals surface area contributed by atoms with E-state index in [0.717, 1.165) is 12.8 Å². The highest BCUT2D eigenvalue weighted by Gasteiger charge is 1.99. The molecule has 0 fully saturated rings. The van der Waals surface area contributed by atoms with Crippen molar-refractivity contribution >= 4 is 11.6 Å². The number of hydrogen-bond acceptors (Lipinski definition) is 3. The second-order valence-electron chi connectivity index (χ2n) is 2.01. The molecule has 1 heterocycles. The molecule has 56 valence electrons. The summed E-state index contributed by atoms with van der Waals surface area (Å²) in [5.41, 5.74) is 0. The van der Waals surface area contributed by atoms with E-state index >= 15 is 0 Å². The summed E-state index contributed by atoms with van der Waals surface area (Å²) in [6.07, 6.45) is 1.67. The van der Waals surface area contributed by atoms with Gasteiger partial charge >= 0.3 is 0 Å². The first-order chi connectivity index (χ1) is 4.83. The molecule has 1 rings (SSSR count). The Morgan fingerprint density at radius 2 is 2.30 bits per heavy atom. The zero-order valence-electron chi connectivity index (χ0n) is 5.80. The third kappa shape index (κ3) is 1.99. The molecule has 0 aliphatic heterocycles. The molecule has 0 spiro atoms. The van der Waals surface area contributed by atoms with Crippen LogP contribution >= 0.6 is 11.6 Å². The predicted molar refractivity (Wildman–Crippen MR) is 38.1 cm³/mol. The molecule has 1 aromatic rings. The van der Waals surface area contributed by atoms with Crippen molar-refractivity contribution in [3.63, 3.8) is 0 Å². The number of hydrogen-bond donors (Lipinski definition) is 0. The van der Waals surface area contributed by atoms with Gasteiger partial charge < -0.3 is 4.42 Å². The van der Waals surface area contributed by atoms with Crippen LogP contribution in [0.3, 0.4) is 0 Å². The Bertz CT molecular complexity index is 199. The topological polar surface area (TPSA) is 38.9 Å². The molecule has 0 unspecified atom stereocenters. The highest BCUT2D eigenvalue weighted by atomic mass is 35.5. The largest absolute Gasteiger partial charge is 0.426 e. The Morgan fingerprint density at radius 1 is 1.50 bits per heavy atom. The zero-order chi connectivity index (χ0) is 7.40. The molecule has 0 atom stereocenters. The smallest absolute Gasteiger partial charge is 0.216 e. The lowest BCUT2D eigenvalue weighted by atomic mass is 10.3. The van der Waals surface area contributed by atoms with E-state index in [9.17, 15) is 0 Å². The van der Waals surface area contributed by atoms with Gasteiger partial charge in [-0.15, -0.1) is 21.8 Å². The van der Waals surface area contributed by atoms with Crippen molar-refractivity contribution in [3.05, 3.63) is 11.8 Å². The van der Waals surface area contributed by atoms with Gasteiger partial charge in [-0.1, -0.05) is 0 Å². The van der Waals surface area contributed by atoms with Gasteiger partial charge in [0.1, 0.15) is 0 Å². The summed E-state index contributed by atoms with van der Waals surface area (Å²) in [6, 6.07) is 0.